The highest BCUT2D eigenvalue weighted by Crippen LogP contribution is 2.29. The van der Waals surface area contributed by atoms with E-state index in [4.69, 9.17) is 5.73 Å². The molecule has 9 heteroatoms. The number of nitrogens with zero attached hydrogens (tertiary/aromatic N) is 3. The molecule has 0 aliphatic rings. The molecule has 0 spiro atoms. The lowest BCUT2D eigenvalue weighted by Crippen LogP contribution is -2.18. The molecule has 0 atom stereocenters. The Labute approximate surface area is 129 Å². The second-order valence-corrected chi connectivity index (χ2v) is 4.88. The number of aromatic nitrogens is 1. The lowest BCUT2D eigenvalue weighted by atomic mass is 10.1. The minimum absolute atomic E-state index is 0.216. The maximum absolute atomic E-state index is 12.5. The van der Waals surface area contributed by atoms with Crippen LogP contribution < -0.4 is 10.6 Å². The first-order valence-corrected chi connectivity index (χ1v) is 6.46. The molecule has 2 N–H and O–H groups in total. The van der Waals surface area contributed by atoms with Crippen LogP contribution >= 0.6 is 0 Å². The predicted octanol–water partition coefficient (Wildman–Crippen LogP) is 3.23. The largest absolute Gasteiger partial charge is 0.416 e. The van der Waals surface area contributed by atoms with Crippen LogP contribution in [-0.4, -0.2) is 17.0 Å². The molecule has 0 bridgehead atoms. The fourth-order valence-electron chi connectivity index (χ4n) is 1.98. The van der Waals surface area contributed by atoms with Crippen LogP contribution in [0, 0.1) is 10.1 Å². The van der Waals surface area contributed by atoms with Crippen molar-refractivity contribution in [2.24, 2.45) is 0 Å². The fourth-order valence-corrected chi connectivity index (χ4v) is 1.98. The van der Waals surface area contributed by atoms with E-state index < -0.39 is 16.7 Å². The van der Waals surface area contributed by atoms with Gasteiger partial charge in [0.25, 0.3) is 0 Å². The fraction of sp³-hybridized carbons (Fsp3) is 0.214. The summed E-state index contributed by atoms with van der Waals surface area (Å²) in [6.07, 6.45) is -4.38. The minimum atomic E-state index is -4.38. The SMILES string of the molecule is CN(Cc1ccc(C(F)(F)F)cc1)c1ccc([N+](=O)[O-])c(N)n1. The zero-order valence-electron chi connectivity index (χ0n) is 12.0. The molecule has 0 aliphatic heterocycles. The van der Waals surface area contributed by atoms with Crippen LogP contribution in [0.2, 0.25) is 0 Å². The van der Waals surface area contributed by atoms with E-state index in [0.29, 0.717) is 11.4 Å². The third kappa shape index (κ3) is 3.87. The number of alkyl halides is 3. The highest BCUT2D eigenvalue weighted by atomic mass is 19.4. The number of hydrogen-bond acceptors (Lipinski definition) is 5. The first kappa shape index (κ1) is 16.5. The smallest absolute Gasteiger partial charge is 0.378 e. The first-order valence-electron chi connectivity index (χ1n) is 6.46. The van der Waals surface area contributed by atoms with Gasteiger partial charge in [-0.15, -0.1) is 0 Å². The Kier molecular flexibility index (Phi) is 4.39. The average Bonchev–Trinajstić information content (AvgIpc) is 2.46. The van der Waals surface area contributed by atoms with Gasteiger partial charge in [0.05, 0.1) is 10.5 Å². The Balaban J connectivity index is 2.14. The zero-order chi connectivity index (χ0) is 17.2. The van der Waals surface area contributed by atoms with Crippen molar-refractivity contribution in [3.8, 4) is 0 Å². The number of halogens is 3. The molecule has 0 saturated carbocycles. The quantitative estimate of drug-likeness (QED) is 0.689. The van der Waals surface area contributed by atoms with Crippen molar-refractivity contribution in [1.29, 1.82) is 0 Å². The van der Waals surface area contributed by atoms with Gasteiger partial charge in [-0.05, 0) is 23.8 Å². The van der Waals surface area contributed by atoms with Crippen molar-refractivity contribution in [2.45, 2.75) is 12.7 Å². The zero-order valence-corrected chi connectivity index (χ0v) is 12.0. The summed E-state index contributed by atoms with van der Waals surface area (Å²) in [6, 6.07) is 7.41. The molecular formula is C14H13F3N4O2. The number of pyridine rings is 1. The summed E-state index contributed by atoms with van der Waals surface area (Å²) in [5, 5.41) is 10.7. The Morgan fingerprint density at radius 3 is 2.30 bits per heavy atom. The third-order valence-corrected chi connectivity index (χ3v) is 3.18. The van der Waals surface area contributed by atoms with Crippen molar-refractivity contribution in [3.05, 3.63) is 57.6 Å². The number of hydrogen-bond donors (Lipinski definition) is 1. The van der Waals surface area contributed by atoms with Gasteiger partial charge in [0.1, 0.15) is 5.82 Å². The molecule has 0 aliphatic carbocycles. The molecule has 0 amide bonds. The van der Waals surface area contributed by atoms with Crippen molar-refractivity contribution >= 4 is 17.3 Å². The molecule has 1 aromatic carbocycles. The van der Waals surface area contributed by atoms with E-state index in [1.807, 2.05) is 0 Å². The van der Waals surface area contributed by atoms with Crippen LogP contribution in [0.15, 0.2) is 36.4 Å². The Morgan fingerprint density at radius 2 is 1.83 bits per heavy atom. The van der Waals surface area contributed by atoms with Gasteiger partial charge in [-0.25, -0.2) is 4.98 Å². The van der Waals surface area contributed by atoms with Crippen molar-refractivity contribution in [1.82, 2.24) is 4.98 Å². The van der Waals surface area contributed by atoms with Crippen molar-refractivity contribution in [2.75, 3.05) is 17.7 Å². The van der Waals surface area contributed by atoms with Crippen LogP contribution in [0.1, 0.15) is 11.1 Å². The molecule has 0 fully saturated rings. The maximum atomic E-state index is 12.5. The minimum Gasteiger partial charge on any atom is -0.378 e. The normalized spacial score (nSPS) is 11.3. The second kappa shape index (κ2) is 6.11. The monoisotopic (exact) mass is 326 g/mol. The van der Waals surface area contributed by atoms with E-state index in [0.717, 1.165) is 12.1 Å². The van der Waals surface area contributed by atoms with Gasteiger partial charge in [0.15, 0.2) is 0 Å². The summed E-state index contributed by atoms with van der Waals surface area (Å²) in [5.74, 6) is 0.166. The summed E-state index contributed by atoms with van der Waals surface area (Å²) in [7, 11) is 1.66. The first-order chi connectivity index (χ1) is 10.7. The molecule has 1 heterocycles. The van der Waals surface area contributed by atoms with E-state index in [1.165, 1.54) is 24.3 Å². The van der Waals surface area contributed by atoms with Gasteiger partial charge in [0, 0.05) is 19.7 Å². The summed E-state index contributed by atoms with van der Waals surface area (Å²) in [4.78, 5) is 15.6. The summed E-state index contributed by atoms with van der Waals surface area (Å²) >= 11 is 0. The van der Waals surface area contributed by atoms with E-state index in [1.54, 1.807) is 11.9 Å². The number of anilines is 2. The van der Waals surface area contributed by atoms with E-state index in [2.05, 4.69) is 4.98 Å². The molecular weight excluding hydrogens is 313 g/mol. The van der Waals surface area contributed by atoms with Gasteiger partial charge in [-0.3, -0.25) is 10.1 Å². The number of nitrogens with two attached hydrogens (primary N) is 1. The Hall–Kier alpha value is -2.84. The van der Waals surface area contributed by atoms with Gasteiger partial charge in [-0.2, -0.15) is 13.2 Å². The summed E-state index contributed by atoms with van der Waals surface area (Å²) in [6.45, 7) is 0.280. The van der Waals surface area contributed by atoms with Gasteiger partial charge < -0.3 is 10.6 Å². The van der Waals surface area contributed by atoms with E-state index >= 15 is 0 Å². The highest BCUT2D eigenvalue weighted by Gasteiger charge is 2.29. The maximum Gasteiger partial charge on any atom is 0.416 e. The van der Waals surface area contributed by atoms with E-state index in [9.17, 15) is 23.3 Å². The van der Waals surface area contributed by atoms with Crippen molar-refractivity contribution in [3.63, 3.8) is 0 Å². The lowest BCUT2D eigenvalue weighted by molar-refractivity contribution is -0.384. The van der Waals surface area contributed by atoms with Crippen molar-refractivity contribution < 1.29 is 18.1 Å². The summed E-state index contributed by atoms with van der Waals surface area (Å²) < 4.78 is 37.5. The second-order valence-electron chi connectivity index (χ2n) is 4.88. The molecule has 0 radical (unpaired) electrons. The molecule has 0 saturated heterocycles. The Morgan fingerprint density at radius 1 is 1.22 bits per heavy atom. The molecule has 0 unspecified atom stereocenters. The van der Waals surface area contributed by atoms with Crippen LogP contribution in [0.4, 0.5) is 30.5 Å². The number of rotatable bonds is 4. The van der Waals surface area contributed by atoms with Crippen LogP contribution in [-0.2, 0) is 12.7 Å². The lowest BCUT2D eigenvalue weighted by Gasteiger charge is -2.18. The van der Waals surface area contributed by atoms with Gasteiger partial charge in [-0.1, -0.05) is 12.1 Å². The number of nitro groups is 1. The number of nitrogen functional groups attached to an aromatic ring is 1. The van der Waals surface area contributed by atoms with Gasteiger partial charge in [0.2, 0.25) is 5.82 Å². The van der Waals surface area contributed by atoms with Crippen LogP contribution in [0.3, 0.4) is 0 Å². The highest BCUT2D eigenvalue weighted by molar-refractivity contribution is 5.57. The molecule has 23 heavy (non-hydrogen) atoms. The van der Waals surface area contributed by atoms with Crippen LogP contribution in [0.25, 0.3) is 0 Å². The van der Waals surface area contributed by atoms with E-state index in [-0.39, 0.29) is 18.1 Å². The predicted molar refractivity (Wildman–Crippen MR) is 78.9 cm³/mol. The van der Waals surface area contributed by atoms with Gasteiger partial charge >= 0.3 is 11.9 Å². The standard InChI is InChI=1S/C14H13F3N4O2/c1-20(12-7-6-11(21(22)23)13(18)19-12)8-9-2-4-10(5-3-9)14(15,16)17/h2-7H,8H2,1H3,(H2,18,19). The van der Waals surface area contributed by atoms with Crippen LogP contribution in [0.5, 0.6) is 0 Å². The molecule has 6 nitrogen and oxygen atoms in total. The third-order valence-electron chi connectivity index (χ3n) is 3.18. The molecule has 2 aromatic rings. The summed E-state index contributed by atoms with van der Waals surface area (Å²) in [5.41, 5.74) is 5.14. The number of benzene rings is 1. The topological polar surface area (TPSA) is 85.3 Å². The Bertz CT molecular complexity index is 717. The molecule has 122 valence electrons. The average molecular weight is 326 g/mol. The molecule has 2 rings (SSSR count). The molecule has 1 aromatic heterocycles.